The average Bonchev–Trinajstić information content (AvgIpc) is 3.17. The first kappa shape index (κ1) is 17.7. The molecule has 5 nitrogen and oxygen atoms in total. The maximum absolute atomic E-state index is 11.2. The van der Waals surface area contributed by atoms with Crippen LogP contribution < -0.4 is 10.4 Å². The summed E-state index contributed by atoms with van der Waals surface area (Å²) in [6.45, 7) is 6.45. The fourth-order valence-electron chi connectivity index (χ4n) is 4.25. The van der Waals surface area contributed by atoms with E-state index in [0.717, 1.165) is 0 Å². The minimum Gasteiger partial charge on any atom is -0.476 e. The number of benzene rings is 2. The molecule has 4 rings (SSSR count). The van der Waals surface area contributed by atoms with Gasteiger partial charge in [0.05, 0.1) is 11.8 Å². The third-order valence-corrected chi connectivity index (χ3v) is 10.7. The van der Waals surface area contributed by atoms with Crippen molar-refractivity contribution in [3.8, 4) is 0 Å². The summed E-state index contributed by atoms with van der Waals surface area (Å²) in [5.74, 6) is -1.05. The van der Waals surface area contributed by atoms with E-state index in [2.05, 4.69) is 60.4 Å². The Balaban J connectivity index is 1.80. The molecule has 0 bridgehead atoms. The van der Waals surface area contributed by atoms with Crippen molar-refractivity contribution in [3.05, 3.63) is 77.6 Å². The van der Waals surface area contributed by atoms with Crippen LogP contribution in [-0.4, -0.2) is 29.6 Å². The number of aromatic carboxylic acids is 1. The van der Waals surface area contributed by atoms with Gasteiger partial charge < -0.3 is 9.53 Å². The lowest BCUT2D eigenvalue weighted by molar-refractivity contribution is 0.0690. The van der Waals surface area contributed by atoms with E-state index in [0.29, 0.717) is 5.69 Å². The van der Waals surface area contributed by atoms with E-state index in [1.54, 1.807) is 6.07 Å². The fraction of sp³-hybridized carbons (Fsp3) is 0.238. The van der Waals surface area contributed by atoms with Gasteiger partial charge in [0, 0.05) is 5.04 Å². The number of H-pyrrole nitrogens is 1. The molecule has 27 heavy (non-hydrogen) atoms. The van der Waals surface area contributed by atoms with Crippen molar-refractivity contribution >= 4 is 24.7 Å². The molecule has 1 aliphatic rings. The fourth-order valence-corrected chi connectivity index (χ4v) is 9.35. The molecule has 1 aromatic heterocycles. The Kier molecular flexibility index (Phi) is 4.05. The number of carboxylic acid groups (broad SMARTS) is 1. The molecule has 0 amide bonds. The molecule has 3 aromatic rings. The number of aromatic amines is 1. The van der Waals surface area contributed by atoms with Gasteiger partial charge in [-0.1, -0.05) is 68.4 Å². The Hall–Kier alpha value is -2.70. The van der Waals surface area contributed by atoms with Crippen molar-refractivity contribution in [1.82, 2.24) is 10.2 Å². The van der Waals surface area contributed by atoms with Gasteiger partial charge in [-0.05, 0) is 28.9 Å². The minimum absolute atomic E-state index is 0.00384. The molecular weight excluding hydrogens is 356 g/mol. The summed E-state index contributed by atoms with van der Waals surface area (Å²) in [4.78, 5) is 11.2. The molecule has 138 valence electrons. The number of nitrogens with zero attached hydrogens (tertiary/aromatic N) is 1. The van der Waals surface area contributed by atoms with Crippen LogP contribution in [0.4, 0.5) is 0 Å². The van der Waals surface area contributed by atoms with Gasteiger partial charge in [0.1, 0.15) is 0 Å². The molecule has 1 unspecified atom stereocenters. The number of carboxylic acids is 1. The van der Waals surface area contributed by atoms with E-state index < -0.39 is 14.3 Å². The predicted octanol–water partition coefficient (Wildman–Crippen LogP) is 2.78. The Morgan fingerprint density at radius 1 is 1.15 bits per heavy atom. The summed E-state index contributed by atoms with van der Waals surface area (Å²) in [5.41, 5.74) is 2.00. The smallest absolute Gasteiger partial charge is 0.356 e. The first-order chi connectivity index (χ1) is 12.9. The molecular formula is C21H22N2O3Si. The van der Waals surface area contributed by atoms with Crippen LogP contribution in [0.2, 0.25) is 0 Å². The zero-order valence-electron chi connectivity index (χ0n) is 15.6. The van der Waals surface area contributed by atoms with Crippen molar-refractivity contribution in [3.63, 3.8) is 0 Å². The molecule has 2 atom stereocenters. The Morgan fingerprint density at radius 2 is 1.81 bits per heavy atom. The molecule has 0 spiro atoms. The van der Waals surface area contributed by atoms with Crippen LogP contribution >= 0.6 is 0 Å². The van der Waals surface area contributed by atoms with Crippen molar-refractivity contribution < 1.29 is 14.3 Å². The van der Waals surface area contributed by atoms with Gasteiger partial charge in [-0.15, -0.1) is 0 Å². The number of rotatable bonds is 5. The van der Waals surface area contributed by atoms with E-state index in [1.807, 2.05) is 25.1 Å². The molecule has 1 aliphatic heterocycles. The Bertz CT molecular complexity index is 999. The lowest BCUT2D eigenvalue weighted by Gasteiger charge is -2.55. The van der Waals surface area contributed by atoms with Gasteiger partial charge in [-0.2, -0.15) is 5.10 Å². The molecule has 6 heteroatoms. The second-order valence-electron chi connectivity index (χ2n) is 7.49. The van der Waals surface area contributed by atoms with Crippen LogP contribution in [0.15, 0.2) is 60.7 Å². The van der Waals surface area contributed by atoms with Crippen LogP contribution in [0.25, 0.3) is 0 Å². The zero-order valence-corrected chi connectivity index (χ0v) is 16.6. The molecule has 2 heterocycles. The monoisotopic (exact) mass is 378 g/mol. The van der Waals surface area contributed by atoms with Crippen LogP contribution in [0.3, 0.4) is 0 Å². The van der Waals surface area contributed by atoms with Crippen molar-refractivity contribution in [2.75, 3.05) is 0 Å². The molecule has 0 saturated heterocycles. The predicted molar refractivity (Wildman–Crippen MR) is 106 cm³/mol. The van der Waals surface area contributed by atoms with Gasteiger partial charge in [0.25, 0.3) is 8.32 Å². The normalized spacial score (nSPS) is 21.1. The molecule has 0 aliphatic carbocycles. The highest BCUT2D eigenvalue weighted by atomic mass is 28.4. The van der Waals surface area contributed by atoms with Gasteiger partial charge in [-0.25, -0.2) is 4.79 Å². The average molecular weight is 379 g/mol. The van der Waals surface area contributed by atoms with Crippen LogP contribution in [0.5, 0.6) is 0 Å². The molecule has 0 radical (unpaired) electrons. The summed E-state index contributed by atoms with van der Waals surface area (Å²) in [6.07, 6.45) is -0.301. The molecule has 2 N–H and O–H groups in total. The molecule has 0 saturated carbocycles. The SMILES string of the molecule is C[C@H](O[Si]1(c2ccccc2)c2ccccc2C1(C)C)c1cc(C(=O)O)n[nH]1. The van der Waals surface area contributed by atoms with Crippen LogP contribution in [0.1, 0.15) is 48.6 Å². The quantitative estimate of drug-likeness (QED) is 0.670. The number of nitrogens with one attached hydrogen (secondary N) is 1. The topological polar surface area (TPSA) is 75.2 Å². The summed E-state index contributed by atoms with van der Waals surface area (Å²) >= 11 is 0. The van der Waals surface area contributed by atoms with E-state index in [4.69, 9.17) is 9.53 Å². The lowest BCUT2D eigenvalue weighted by atomic mass is 10.0. The lowest BCUT2D eigenvalue weighted by Crippen LogP contribution is -2.80. The summed E-state index contributed by atoms with van der Waals surface area (Å²) in [6, 6.07) is 20.4. The summed E-state index contributed by atoms with van der Waals surface area (Å²) < 4.78 is 6.86. The van der Waals surface area contributed by atoms with Crippen molar-refractivity contribution in [2.24, 2.45) is 0 Å². The Morgan fingerprint density at radius 3 is 2.48 bits per heavy atom. The van der Waals surface area contributed by atoms with Crippen LogP contribution in [-0.2, 0) is 9.46 Å². The van der Waals surface area contributed by atoms with Gasteiger partial charge in [0.15, 0.2) is 5.69 Å². The Labute approximate surface area is 159 Å². The maximum Gasteiger partial charge on any atom is 0.356 e. The van der Waals surface area contributed by atoms with E-state index >= 15 is 0 Å². The number of carbonyl (C=O) groups is 1. The van der Waals surface area contributed by atoms with E-state index in [1.165, 1.54) is 15.9 Å². The number of hydrogen-bond acceptors (Lipinski definition) is 3. The minimum atomic E-state index is -2.53. The van der Waals surface area contributed by atoms with E-state index in [9.17, 15) is 4.79 Å². The highest BCUT2D eigenvalue weighted by Gasteiger charge is 2.63. The standard InChI is InChI=1S/C21H22N2O3Si/c1-14(17-13-18(20(24)25)23-22-17)26-27(15-9-5-4-6-10-15)19-12-8-7-11-16(19)21(27,2)3/h4-14H,1-3H3,(H,22,23)(H,24,25)/t14-,27?/m0/s1. The highest BCUT2D eigenvalue weighted by molar-refractivity contribution is 7.03. The van der Waals surface area contributed by atoms with Gasteiger partial charge in [-0.3, -0.25) is 5.10 Å². The summed E-state index contributed by atoms with van der Waals surface area (Å²) in [7, 11) is -2.53. The van der Waals surface area contributed by atoms with E-state index in [-0.39, 0.29) is 16.8 Å². The number of hydrogen-bond donors (Lipinski definition) is 2. The highest BCUT2D eigenvalue weighted by Crippen LogP contribution is 2.44. The third-order valence-electron chi connectivity index (χ3n) is 5.65. The summed E-state index contributed by atoms with van der Waals surface area (Å²) in [5, 5.41) is 18.3. The third kappa shape index (κ3) is 2.48. The van der Waals surface area contributed by atoms with Gasteiger partial charge in [0.2, 0.25) is 0 Å². The second kappa shape index (κ2) is 6.18. The number of fused-ring (bicyclic) bond motifs is 1. The first-order valence-electron chi connectivity index (χ1n) is 9.00. The van der Waals surface area contributed by atoms with Crippen LogP contribution in [0, 0.1) is 0 Å². The second-order valence-corrected chi connectivity index (χ2v) is 11.5. The molecule has 2 aromatic carbocycles. The zero-order chi connectivity index (χ0) is 19.2. The maximum atomic E-state index is 11.2. The largest absolute Gasteiger partial charge is 0.476 e. The molecule has 0 fully saturated rings. The van der Waals surface area contributed by atoms with Gasteiger partial charge >= 0.3 is 5.97 Å². The van der Waals surface area contributed by atoms with Crippen molar-refractivity contribution in [2.45, 2.75) is 31.9 Å². The first-order valence-corrected chi connectivity index (χ1v) is 10.9. The number of aromatic nitrogens is 2. The van der Waals surface area contributed by atoms with Crippen molar-refractivity contribution in [1.29, 1.82) is 0 Å².